The maximum atomic E-state index is 6.72. The number of nitrogens with zero attached hydrogens (tertiary/aromatic N) is 1. The Labute approximate surface area is 290 Å². The Bertz CT molecular complexity index is 2670. The number of aliphatic imine (C=N–C) groups is 1. The Morgan fingerprint density at radius 3 is 2.22 bits per heavy atom. The van der Waals surface area contributed by atoms with Crippen LogP contribution >= 0.6 is 0 Å². The van der Waals surface area contributed by atoms with E-state index >= 15 is 0 Å². The largest absolute Gasteiger partial charge is 0.456 e. The zero-order valence-corrected chi connectivity index (χ0v) is 27.6. The normalized spacial score (nSPS) is 17.4. The number of para-hydroxylation sites is 2. The van der Waals surface area contributed by atoms with Crippen molar-refractivity contribution in [1.82, 2.24) is 5.32 Å². The molecule has 240 valence electrons. The number of hydrogen-bond donors (Lipinski definition) is 1. The van der Waals surface area contributed by atoms with Crippen LogP contribution in [0, 0.1) is 0 Å². The van der Waals surface area contributed by atoms with Gasteiger partial charge in [-0.2, -0.15) is 0 Å². The van der Waals surface area contributed by atoms with E-state index in [-0.39, 0.29) is 11.5 Å². The molecule has 1 saturated carbocycles. The van der Waals surface area contributed by atoms with Crippen molar-refractivity contribution in [2.75, 3.05) is 0 Å². The molecule has 4 heteroatoms. The van der Waals surface area contributed by atoms with E-state index in [1.165, 1.54) is 65.5 Å². The summed E-state index contributed by atoms with van der Waals surface area (Å²) in [7, 11) is 0. The van der Waals surface area contributed by atoms with Gasteiger partial charge in [-0.3, -0.25) is 0 Å². The monoisotopic (exact) mass is 646 g/mol. The van der Waals surface area contributed by atoms with Crippen LogP contribution in [0.1, 0.15) is 66.2 Å². The van der Waals surface area contributed by atoms with E-state index in [0.29, 0.717) is 0 Å². The van der Waals surface area contributed by atoms with Gasteiger partial charge in [0.2, 0.25) is 0 Å². The number of nitrogens with one attached hydrogen (secondary N) is 1. The molecule has 4 nitrogen and oxygen atoms in total. The number of amidine groups is 1. The molecule has 1 N–H and O–H groups in total. The highest BCUT2D eigenvalue weighted by atomic mass is 16.3. The number of benzene rings is 6. The topological polar surface area (TPSA) is 50.7 Å². The lowest BCUT2D eigenvalue weighted by Gasteiger charge is -2.36. The molecule has 3 aliphatic rings. The summed E-state index contributed by atoms with van der Waals surface area (Å²) >= 11 is 0. The van der Waals surface area contributed by atoms with E-state index in [0.717, 1.165) is 61.3 Å². The molecule has 1 spiro atoms. The van der Waals surface area contributed by atoms with E-state index < -0.39 is 0 Å². The fourth-order valence-electron chi connectivity index (χ4n) is 9.32. The Balaban J connectivity index is 1.07. The zero-order chi connectivity index (χ0) is 32.8. The highest BCUT2D eigenvalue weighted by Gasteiger charge is 2.44. The fraction of sp³-hybridized carbons (Fsp3) is 0.152. The maximum absolute atomic E-state index is 6.72. The number of rotatable bonds is 3. The molecule has 0 radical (unpaired) electrons. The number of hydrogen-bond acceptors (Lipinski definition) is 4. The average molecular weight is 647 g/mol. The van der Waals surface area contributed by atoms with Crippen molar-refractivity contribution in [2.24, 2.45) is 4.99 Å². The van der Waals surface area contributed by atoms with Crippen LogP contribution in [0.25, 0.3) is 55.2 Å². The zero-order valence-electron chi connectivity index (χ0n) is 27.6. The van der Waals surface area contributed by atoms with E-state index in [9.17, 15) is 0 Å². The van der Waals surface area contributed by atoms with Crippen LogP contribution in [0.15, 0.2) is 147 Å². The molecule has 0 amide bonds. The van der Waals surface area contributed by atoms with Crippen LogP contribution in [0.5, 0.6) is 0 Å². The standard InChI is InChI=1S/C46H34N2O2/c1-3-13-28(14-4-1)41-44-42(33-16-6-8-22-38(33)50-44)48-45(47-41)34-19-11-18-31-35-27-29(23-24-39(35)49-43(31)34)30-17-12-21-37-40(30)32-15-5-7-20-36(32)46(37)25-9-2-10-26-46/h1,3-8,11-24,27,41H,2,9-10,25-26H2,(H,47,48). The molecule has 50 heavy (non-hydrogen) atoms. The quantitative estimate of drug-likeness (QED) is 0.208. The highest BCUT2D eigenvalue weighted by molar-refractivity contribution is 6.17. The third kappa shape index (κ3) is 3.90. The van der Waals surface area contributed by atoms with Gasteiger partial charge in [-0.05, 0) is 82.1 Å². The molecule has 0 bridgehead atoms. The molecule has 2 aromatic heterocycles. The van der Waals surface area contributed by atoms with Gasteiger partial charge >= 0.3 is 0 Å². The second kappa shape index (κ2) is 10.6. The minimum absolute atomic E-state index is 0.132. The molecule has 1 unspecified atom stereocenters. The summed E-state index contributed by atoms with van der Waals surface area (Å²) < 4.78 is 13.2. The third-order valence-electron chi connectivity index (χ3n) is 11.6. The molecule has 1 aliphatic heterocycles. The molecule has 1 fully saturated rings. The summed E-state index contributed by atoms with van der Waals surface area (Å²) in [4.78, 5) is 5.22. The van der Waals surface area contributed by atoms with Gasteiger partial charge in [0.05, 0.1) is 5.56 Å². The fourth-order valence-corrected chi connectivity index (χ4v) is 9.32. The SMILES string of the molecule is c1ccc(C2NC(c3cccc4c3oc3ccc(-c5cccc6c5-c5ccccc5C65CCCCC5)cc34)=Nc3c2oc2ccccc32)cc1. The van der Waals surface area contributed by atoms with Crippen LogP contribution in [0.4, 0.5) is 5.69 Å². The van der Waals surface area contributed by atoms with Gasteiger partial charge < -0.3 is 14.2 Å². The molecule has 0 saturated heterocycles. The van der Waals surface area contributed by atoms with Gasteiger partial charge in [0.25, 0.3) is 0 Å². The maximum Gasteiger partial charge on any atom is 0.157 e. The van der Waals surface area contributed by atoms with Gasteiger partial charge in [0.1, 0.15) is 34.3 Å². The first-order valence-electron chi connectivity index (χ1n) is 17.9. The van der Waals surface area contributed by atoms with Crippen LogP contribution in [-0.2, 0) is 5.41 Å². The van der Waals surface area contributed by atoms with Crippen LogP contribution in [-0.4, -0.2) is 5.84 Å². The molecule has 11 rings (SSSR count). The lowest BCUT2D eigenvalue weighted by Crippen LogP contribution is -2.32. The minimum atomic E-state index is -0.187. The molecule has 8 aromatic rings. The molecular formula is C46H34N2O2. The van der Waals surface area contributed by atoms with Crippen LogP contribution < -0.4 is 5.32 Å². The Kier molecular flexibility index (Phi) is 5.92. The Morgan fingerprint density at radius 2 is 1.30 bits per heavy atom. The van der Waals surface area contributed by atoms with Crippen molar-refractivity contribution in [3.8, 4) is 22.3 Å². The van der Waals surface area contributed by atoms with Crippen LogP contribution in [0.3, 0.4) is 0 Å². The van der Waals surface area contributed by atoms with Crippen molar-refractivity contribution in [2.45, 2.75) is 43.6 Å². The summed E-state index contributed by atoms with van der Waals surface area (Å²) in [5, 5.41) is 6.94. The van der Waals surface area contributed by atoms with Gasteiger partial charge in [-0.15, -0.1) is 0 Å². The summed E-state index contributed by atoms with van der Waals surface area (Å²) in [6.07, 6.45) is 6.37. The first kappa shape index (κ1) is 28.0. The Hall–Kier alpha value is -5.87. The first-order chi connectivity index (χ1) is 24.8. The number of furan rings is 2. The predicted octanol–water partition coefficient (Wildman–Crippen LogP) is 12.0. The van der Waals surface area contributed by atoms with Crippen molar-refractivity contribution < 1.29 is 8.83 Å². The molecular weight excluding hydrogens is 613 g/mol. The molecule has 6 aromatic carbocycles. The van der Waals surface area contributed by atoms with E-state index in [1.54, 1.807) is 0 Å². The summed E-state index contributed by atoms with van der Waals surface area (Å²) in [6, 6.07) is 47.7. The second-order valence-corrected chi connectivity index (χ2v) is 14.2. The lowest BCUT2D eigenvalue weighted by molar-refractivity contribution is 0.353. The van der Waals surface area contributed by atoms with Gasteiger partial charge in [-0.1, -0.05) is 122 Å². The molecule has 2 aliphatic carbocycles. The molecule has 1 atom stereocenters. The average Bonchev–Trinajstić information content (AvgIpc) is 3.83. The van der Waals surface area contributed by atoms with E-state index in [1.807, 2.05) is 24.3 Å². The van der Waals surface area contributed by atoms with Crippen molar-refractivity contribution in [3.63, 3.8) is 0 Å². The van der Waals surface area contributed by atoms with E-state index in [2.05, 4.69) is 115 Å². The third-order valence-corrected chi connectivity index (χ3v) is 11.6. The Morgan fingerprint density at radius 1 is 0.580 bits per heavy atom. The van der Waals surface area contributed by atoms with Crippen LogP contribution in [0.2, 0.25) is 0 Å². The summed E-state index contributed by atoms with van der Waals surface area (Å²) in [6.45, 7) is 0. The first-order valence-corrected chi connectivity index (χ1v) is 17.9. The van der Waals surface area contributed by atoms with Gasteiger partial charge in [0.15, 0.2) is 5.76 Å². The lowest BCUT2D eigenvalue weighted by atomic mass is 9.68. The predicted molar refractivity (Wildman–Crippen MR) is 202 cm³/mol. The smallest absolute Gasteiger partial charge is 0.157 e. The second-order valence-electron chi connectivity index (χ2n) is 14.2. The van der Waals surface area contributed by atoms with Crippen molar-refractivity contribution in [1.29, 1.82) is 0 Å². The molecule has 3 heterocycles. The highest BCUT2D eigenvalue weighted by Crippen LogP contribution is 2.58. The van der Waals surface area contributed by atoms with E-state index in [4.69, 9.17) is 13.8 Å². The minimum Gasteiger partial charge on any atom is -0.456 e. The van der Waals surface area contributed by atoms with Crippen molar-refractivity contribution >= 4 is 44.4 Å². The van der Waals surface area contributed by atoms with Gasteiger partial charge in [0, 0.05) is 21.6 Å². The van der Waals surface area contributed by atoms with Gasteiger partial charge in [-0.25, -0.2) is 4.99 Å². The van der Waals surface area contributed by atoms with Crippen molar-refractivity contribution in [3.05, 3.63) is 161 Å². The summed E-state index contributed by atoms with van der Waals surface area (Å²) in [5.41, 5.74) is 14.0. The summed E-state index contributed by atoms with van der Waals surface area (Å²) in [5.74, 6) is 1.60. The number of fused-ring (bicyclic) bond motifs is 11.